The quantitative estimate of drug-likeness (QED) is 0.824. The number of nitrogens with zero attached hydrogens (tertiary/aromatic N) is 2. The van der Waals surface area contributed by atoms with Crippen LogP contribution in [0.2, 0.25) is 0 Å². The molecule has 0 aliphatic carbocycles. The van der Waals surface area contributed by atoms with Gasteiger partial charge in [0.15, 0.2) is 0 Å². The van der Waals surface area contributed by atoms with E-state index >= 15 is 0 Å². The Morgan fingerprint density at radius 1 is 1.45 bits per heavy atom. The Morgan fingerprint density at radius 3 is 2.60 bits per heavy atom. The number of hydrogen-bond acceptors (Lipinski definition) is 4. The van der Waals surface area contributed by atoms with Crippen molar-refractivity contribution in [3.05, 3.63) is 23.8 Å². The summed E-state index contributed by atoms with van der Waals surface area (Å²) in [6, 6.07) is 1.71. The van der Waals surface area contributed by atoms with Crippen molar-refractivity contribution in [2.45, 2.75) is 40.7 Å². The van der Waals surface area contributed by atoms with Gasteiger partial charge in [0.05, 0.1) is 17.7 Å². The third kappa shape index (κ3) is 4.01. The first-order chi connectivity index (χ1) is 9.25. The first kappa shape index (κ1) is 16.1. The van der Waals surface area contributed by atoms with E-state index in [2.05, 4.69) is 15.3 Å². The van der Waals surface area contributed by atoms with Gasteiger partial charge in [0.2, 0.25) is 5.91 Å². The fourth-order valence-corrected chi connectivity index (χ4v) is 1.72. The molecule has 0 aromatic carbocycles. The molecule has 1 heterocycles. The van der Waals surface area contributed by atoms with E-state index in [-0.39, 0.29) is 24.8 Å². The first-order valence-corrected chi connectivity index (χ1v) is 6.54. The molecule has 1 rings (SSSR count). The van der Waals surface area contributed by atoms with Crippen molar-refractivity contribution in [1.82, 2.24) is 15.3 Å². The molecule has 110 valence electrons. The SMILES string of the molecule is Cc1nccc(CNC(=O)CC(C)(C(=O)O)C(C)C)n1. The van der Waals surface area contributed by atoms with Crippen LogP contribution < -0.4 is 5.32 Å². The van der Waals surface area contributed by atoms with Crippen molar-refractivity contribution >= 4 is 11.9 Å². The van der Waals surface area contributed by atoms with Crippen LogP contribution in [0.1, 0.15) is 38.7 Å². The van der Waals surface area contributed by atoms with E-state index in [1.807, 2.05) is 0 Å². The smallest absolute Gasteiger partial charge is 0.310 e. The van der Waals surface area contributed by atoms with Gasteiger partial charge in [-0.25, -0.2) is 9.97 Å². The molecule has 0 aliphatic rings. The predicted molar refractivity (Wildman–Crippen MR) is 73.8 cm³/mol. The van der Waals surface area contributed by atoms with E-state index in [0.717, 1.165) is 0 Å². The highest BCUT2D eigenvalue weighted by atomic mass is 16.4. The van der Waals surface area contributed by atoms with E-state index in [0.29, 0.717) is 11.5 Å². The van der Waals surface area contributed by atoms with Gasteiger partial charge in [0, 0.05) is 12.6 Å². The average Bonchev–Trinajstić information content (AvgIpc) is 2.36. The molecular formula is C14H21N3O3. The molecule has 6 heteroatoms. The van der Waals surface area contributed by atoms with E-state index in [1.54, 1.807) is 40.0 Å². The van der Waals surface area contributed by atoms with Gasteiger partial charge < -0.3 is 10.4 Å². The molecule has 1 aromatic rings. The lowest BCUT2D eigenvalue weighted by Gasteiger charge is -2.28. The summed E-state index contributed by atoms with van der Waals surface area (Å²) in [4.78, 5) is 31.4. The average molecular weight is 279 g/mol. The van der Waals surface area contributed by atoms with Crippen LogP contribution in [0.25, 0.3) is 0 Å². The van der Waals surface area contributed by atoms with Gasteiger partial charge >= 0.3 is 5.97 Å². The summed E-state index contributed by atoms with van der Waals surface area (Å²) in [6.07, 6.45) is 1.57. The summed E-state index contributed by atoms with van der Waals surface area (Å²) in [5.74, 6) is -0.748. The van der Waals surface area contributed by atoms with E-state index in [9.17, 15) is 14.7 Å². The Hall–Kier alpha value is -1.98. The Kier molecular flexibility index (Phi) is 5.19. The molecule has 0 spiro atoms. The van der Waals surface area contributed by atoms with Gasteiger partial charge in [0.1, 0.15) is 5.82 Å². The molecule has 2 N–H and O–H groups in total. The predicted octanol–water partition coefficient (Wildman–Crippen LogP) is 1.54. The lowest BCUT2D eigenvalue weighted by molar-refractivity contribution is -0.153. The third-order valence-electron chi connectivity index (χ3n) is 3.59. The van der Waals surface area contributed by atoms with Gasteiger partial charge in [-0.15, -0.1) is 0 Å². The van der Waals surface area contributed by atoms with Gasteiger partial charge in [0.25, 0.3) is 0 Å². The van der Waals surface area contributed by atoms with Crippen LogP contribution in [0.5, 0.6) is 0 Å². The van der Waals surface area contributed by atoms with Crippen molar-refractivity contribution in [2.24, 2.45) is 11.3 Å². The number of carboxylic acid groups (broad SMARTS) is 1. The minimum absolute atomic E-state index is 0.0515. The highest BCUT2D eigenvalue weighted by molar-refractivity contribution is 5.84. The fourth-order valence-electron chi connectivity index (χ4n) is 1.72. The lowest BCUT2D eigenvalue weighted by atomic mass is 9.76. The maximum absolute atomic E-state index is 11.9. The number of nitrogens with one attached hydrogen (secondary N) is 1. The van der Waals surface area contributed by atoms with Gasteiger partial charge in [-0.3, -0.25) is 9.59 Å². The number of aliphatic carboxylic acids is 1. The lowest BCUT2D eigenvalue weighted by Crippen LogP contribution is -2.39. The summed E-state index contributed by atoms with van der Waals surface area (Å²) in [7, 11) is 0. The number of hydrogen-bond donors (Lipinski definition) is 2. The van der Waals surface area contributed by atoms with Crippen LogP contribution in [0, 0.1) is 18.3 Å². The molecule has 0 radical (unpaired) electrons. The molecule has 1 atom stereocenters. The molecule has 0 fully saturated rings. The number of aromatic nitrogens is 2. The Balaban J connectivity index is 2.61. The topological polar surface area (TPSA) is 92.2 Å². The normalized spacial score (nSPS) is 13.8. The standard InChI is InChI=1S/C14H21N3O3/c1-9(2)14(4,13(19)20)7-12(18)16-8-11-5-6-15-10(3)17-11/h5-6,9H,7-8H2,1-4H3,(H,16,18)(H,19,20). The Bertz CT molecular complexity index is 502. The second-order valence-corrected chi connectivity index (χ2v) is 5.43. The summed E-state index contributed by atoms with van der Waals surface area (Å²) < 4.78 is 0. The second kappa shape index (κ2) is 6.45. The molecule has 0 bridgehead atoms. The van der Waals surface area contributed by atoms with Crippen LogP contribution >= 0.6 is 0 Å². The molecule has 0 saturated carbocycles. The van der Waals surface area contributed by atoms with Gasteiger partial charge in [-0.05, 0) is 25.8 Å². The van der Waals surface area contributed by atoms with Crippen LogP contribution in [0.15, 0.2) is 12.3 Å². The van der Waals surface area contributed by atoms with Crippen molar-refractivity contribution in [3.8, 4) is 0 Å². The van der Waals surface area contributed by atoms with Crippen LogP contribution in [-0.4, -0.2) is 27.0 Å². The molecular weight excluding hydrogens is 258 g/mol. The number of carbonyl (C=O) groups excluding carboxylic acids is 1. The van der Waals surface area contributed by atoms with Gasteiger partial charge in [-0.2, -0.15) is 0 Å². The van der Waals surface area contributed by atoms with Crippen LogP contribution in [0.4, 0.5) is 0 Å². The highest BCUT2D eigenvalue weighted by Gasteiger charge is 2.38. The monoisotopic (exact) mass is 279 g/mol. The zero-order chi connectivity index (χ0) is 15.3. The Morgan fingerprint density at radius 2 is 2.10 bits per heavy atom. The molecule has 20 heavy (non-hydrogen) atoms. The van der Waals surface area contributed by atoms with Crippen LogP contribution in [0.3, 0.4) is 0 Å². The minimum Gasteiger partial charge on any atom is -0.481 e. The van der Waals surface area contributed by atoms with Crippen LogP contribution in [-0.2, 0) is 16.1 Å². The summed E-state index contributed by atoms with van der Waals surface area (Å²) in [5, 5.41) is 12.0. The molecule has 0 saturated heterocycles. The Labute approximate surface area is 118 Å². The number of carboxylic acids is 1. The van der Waals surface area contributed by atoms with E-state index in [4.69, 9.17) is 0 Å². The van der Waals surface area contributed by atoms with Crippen molar-refractivity contribution < 1.29 is 14.7 Å². The van der Waals surface area contributed by atoms with Crippen molar-refractivity contribution in [1.29, 1.82) is 0 Å². The molecule has 1 amide bonds. The van der Waals surface area contributed by atoms with Gasteiger partial charge in [-0.1, -0.05) is 13.8 Å². The van der Waals surface area contributed by atoms with E-state index in [1.165, 1.54) is 0 Å². The molecule has 6 nitrogen and oxygen atoms in total. The molecule has 1 unspecified atom stereocenters. The summed E-state index contributed by atoms with van der Waals surface area (Å²) in [6.45, 7) is 7.24. The zero-order valence-corrected chi connectivity index (χ0v) is 12.3. The maximum atomic E-state index is 11.9. The molecule has 1 aromatic heterocycles. The fraction of sp³-hybridized carbons (Fsp3) is 0.571. The van der Waals surface area contributed by atoms with E-state index < -0.39 is 11.4 Å². The largest absolute Gasteiger partial charge is 0.481 e. The molecule has 0 aliphatic heterocycles. The number of aryl methyl sites for hydroxylation is 1. The minimum atomic E-state index is -1.06. The first-order valence-electron chi connectivity index (χ1n) is 6.54. The third-order valence-corrected chi connectivity index (χ3v) is 3.59. The van der Waals surface area contributed by atoms with Crippen molar-refractivity contribution in [3.63, 3.8) is 0 Å². The summed E-state index contributed by atoms with van der Waals surface area (Å²) >= 11 is 0. The highest BCUT2D eigenvalue weighted by Crippen LogP contribution is 2.31. The number of amides is 1. The maximum Gasteiger partial charge on any atom is 0.310 e. The number of carbonyl (C=O) groups is 2. The second-order valence-electron chi connectivity index (χ2n) is 5.43. The summed E-state index contributed by atoms with van der Waals surface area (Å²) in [5.41, 5.74) is -0.362. The zero-order valence-electron chi connectivity index (χ0n) is 12.3. The number of rotatable bonds is 6. The van der Waals surface area contributed by atoms with Crippen molar-refractivity contribution in [2.75, 3.05) is 0 Å².